The Bertz CT molecular complexity index is 547. The molecule has 0 spiro atoms. The molecule has 6 nitrogen and oxygen atoms in total. The summed E-state index contributed by atoms with van der Waals surface area (Å²) in [7, 11) is 0. The van der Waals surface area contributed by atoms with Crippen molar-refractivity contribution in [3.8, 4) is 0 Å². The highest BCUT2D eigenvalue weighted by Crippen LogP contribution is 1.96. The van der Waals surface area contributed by atoms with E-state index in [1.165, 1.54) is 11.1 Å². The zero-order chi connectivity index (χ0) is 14.4. The van der Waals surface area contributed by atoms with Crippen molar-refractivity contribution in [1.82, 2.24) is 14.5 Å². The van der Waals surface area contributed by atoms with E-state index >= 15 is 0 Å². The maximum Gasteiger partial charge on any atom is 0.328 e. The Morgan fingerprint density at radius 2 is 1.89 bits per heavy atom. The molecule has 0 saturated heterocycles. The van der Waals surface area contributed by atoms with E-state index in [4.69, 9.17) is 23.2 Å². The monoisotopic (exact) mass is 307 g/mol. The summed E-state index contributed by atoms with van der Waals surface area (Å²) in [5.41, 5.74) is -0.693. The number of carbonyl (C=O) groups excluding carboxylic acids is 1. The average molecular weight is 308 g/mol. The van der Waals surface area contributed by atoms with Crippen molar-refractivity contribution < 1.29 is 4.79 Å². The number of carbonyl (C=O) groups is 1. The van der Waals surface area contributed by atoms with Crippen molar-refractivity contribution in [2.24, 2.45) is 0 Å². The van der Waals surface area contributed by atoms with Crippen LogP contribution in [0, 0.1) is 6.92 Å². The number of hydrogen-bond acceptors (Lipinski definition) is 3. The largest absolute Gasteiger partial charge is 0.339 e. The zero-order valence-electron chi connectivity index (χ0n) is 10.5. The van der Waals surface area contributed by atoms with E-state index in [-0.39, 0.29) is 12.5 Å². The molecule has 0 aliphatic heterocycles. The summed E-state index contributed by atoms with van der Waals surface area (Å²) in [6.07, 6.45) is 1.36. The normalized spacial score (nSPS) is 10.5. The van der Waals surface area contributed by atoms with E-state index in [0.717, 1.165) is 4.57 Å². The SMILES string of the molecule is Cc1cn(CC(=O)N(CCCl)CCCl)c(=O)[nH]c1=O. The summed E-state index contributed by atoms with van der Waals surface area (Å²) in [6.45, 7) is 2.15. The molecule has 8 heteroatoms. The predicted molar refractivity (Wildman–Crippen MR) is 74.1 cm³/mol. The van der Waals surface area contributed by atoms with Crippen LogP contribution in [0.3, 0.4) is 0 Å². The number of alkyl halides is 2. The minimum absolute atomic E-state index is 0.149. The third-order valence-electron chi connectivity index (χ3n) is 2.56. The third kappa shape index (κ3) is 4.40. The highest BCUT2D eigenvalue weighted by molar-refractivity contribution is 6.18. The highest BCUT2D eigenvalue weighted by Gasteiger charge is 2.14. The molecular formula is C11H15Cl2N3O3. The molecule has 1 heterocycles. The molecule has 1 aromatic heterocycles. The van der Waals surface area contributed by atoms with Gasteiger partial charge in [-0.2, -0.15) is 0 Å². The first-order valence-corrected chi connectivity index (χ1v) is 6.76. The Balaban J connectivity index is 2.89. The lowest BCUT2D eigenvalue weighted by Crippen LogP contribution is -2.40. The number of nitrogens with one attached hydrogen (secondary N) is 1. The van der Waals surface area contributed by atoms with Gasteiger partial charge in [0.25, 0.3) is 5.56 Å². The van der Waals surface area contributed by atoms with E-state index < -0.39 is 11.2 Å². The molecule has 0 aliphatic carbocycles. The summed E-state index contributed by atoms with van der Waals surface area (Å²) >= 11 is 11.2. The van der Waals surface area contributed by atoms with Crippen molar-refractivity contribution in [2.45, 2.75) is 13.5 Å². The number of halogens is 2. The average Bonchev–Trinajstić information content (AvgIpc) is 2.35. The topological polar surface area (TPSA) is 75.2 Å². The number of rotatable bonds is 6. The second kappa shape index (κ2) is 7.35. The van der Waals surface area contributed by atoms with Crippen molar-refractivity contribution in [1.29, 1.82) is 0 Å². The number of nitrogens with zero attached hydrogens (tertiary/aromatic N) is 2. The summed E-state index contributed by atoms with van der Waals surface area (Å²) in [5.74, 6) is 0.319. The molecule has 0 atom stereocenters. The van der Waals surface area contributed by atoms with Gasteiger partial charge in [0.1, 0.15) is 6.54 Å². The molecule has 0 fully saturated rings. The molecule has 0 aliphatic rings. The van der Waals surface area contributed by atoms with Gasteiger partial charge in [0.15, 0.2) is 0 Å². The summed E-state index contributed by atoms with van der Waals surface area (Å²) in [5, 5.41) is 0. The van der Waals surface area contributed by atoms with Crippen LogP contribution in [0.4, 0.5) is 0 Å². The Kier molecular flexibility index (Phi) is 6.11. The molecule has 1 N–H and O–H groups in total. The fourth-order valence-electron chi connectivity index (χ4n) is 1.55. The Morgan fingerprint density at radius 1 is 1.32 bits per heavy atom. The lowest BCUT2D eigenvalue weighted by atomic mass is 10.4. The number of hydrogen-bond donors (Lipinski definition) is 1. The molecule has 1 aromatic rings. The molecule has 0 radical (unpaired) electrons. The zero-order valence-corrected chi connectivity index (χ0v) is 12.0. The van der Waals surface area contributed by atoms with E-state index in [1.54, 1.807) is 6.92 Å². The first kappa shape index (κ1) is 15.8. The molecule has 1 amide bonds. The number of amides is 1. The molecular weight excluding hydrogens is 293 g/mol. The molecule has 0 saturated carbocycles. The third-order valence-corrected chi connectivity index (χ3v) is 2.89. The van der Waals surface area contributed by atoms with Crippen LogP contribution in [0.5, 0.6) is 0 Å². The lowest BCUT2D eigenvalue weighted by molar-refractivity contribution is -0.131. The number of aromatic nitrogens is 2. The minimum Gasteiger partial charge on any atom is -0.339 e. The number of H-pyrrole nitrogens is 1. The van der Waals surface area contributed by atoms with E-state index in [9.17, 15) is 14.4 Å². The second-order valence-electron chi connectivity index (χ2n) is 3.96. The quantitative estimate of drug-likeness (QED) is 0.760. The van der Waals surface area contributed by atoms with E-state index in [0.29, 0.717) is 30.4 Å². The molecule has 0 unspecified atom stereocenters. The van der Waals surface area contributed by atoms with E-state index in [2.05, 4.69) is 4.98 Å². The van der Waals surface area contributed by atoms with Crippen LogP contribution < -0.4 is 11.2 Å². The van der Waals surface area contributed by atoms with Gasteiger partial charge in [-0.1, -0.05) is 0 Å². The van der Waals surface area contributed by atoms with Crippen LogP contribution in [0.15, 0.2) is 15.8 Å². The van der Waals surface area contributed by atoms with Crippen molar-refractivity contribution in [2.75, 3.05) is 24.8 Å². The number of aromatic amines is 1. The molecule has 0 aromatic carbocycles. The summed E-state index contributed by atoms with van der Waals surface area (Å²) in [4.78, 5) is 38.4. The minimum atomic E-state index is -0.611. The van der Waals surface area contributed by atoms with Gasteiger partial charge >= 0.3 is 5.69 Å². The van der Waals surface area contributed by atoms with E-state index in [1.807, 2.05) is 0 Å². The summed E-state index contributed by atoms with van der Waals surface area (Å²) < 4.78 is 1.16. The first-order chi connectivity index (χ1) is 8.99. The van der Waals surface area contributed by atoms with Gasteiger partial charge < -0.3 is 4.90 Å². The highest BCUT2D eigenvalue weighted by atomic mass is 35.5. The molecule has 0 bridgehead atoms. The fraction of sp³-hybridized carbons (Fsp3) is 0.545. The van der Waals surface area contributed by atoms with Gasteiger partial charge in [-0.05, 0) is 6.92 Å². The van der Waals surface area contributed by atoms with Crippen LogP contribution in [0.1, 0.15) is 5.56 Å². The van der Waals surface area contributed by atoms with Crippen molar-refractivity contribution in [3.05, 3.63) is 32.6 Å². The van der Waals surface area contributed by atoms with Crippen LogP contribution in [0.2, 0.25) is 0 Å². The fourth-order valence-corrected chi connectivity index (χ4v) is 1.96. The van der Waals surface area contributed by atoms with Gasteiger partial charge in [-0.15, -0.1) is 23.2 Å². The van der Waals surface area contributed by atoms with Gasteiger partial charge in [-0.3, -0.25) is 19.1 Å². The van der Waals surface area contributed by atoms with Crippen LogP contribution in [0.25, 0.3) is 0 Å². The van der Waals surface area contributed by atoms with Gasteiger partial charge in [0.05, 0.1) is 0 Å². The molecule has 106 valence electrons. The van der Waals surface area contributed by atoms with Crippen LogP contribution in [-0.2, 0) is 11.3 Å². The maximum absolute atomic E-state index is 12.0. The smallest absolute Gasteiger partial charge is 0.328 e. The molecule has 19 heavy (non-hydrogen) atoms. The predicted octanol–water partition coefficient (Wildman–Crippen LogP) is 0.151. The van der Waals surface area contributed by atoms with Gasteiger partial charge in [-0.25, -0.2) is 4.79 Å². The molecule has 1 rings (SSSR count). The lowest BCUT2D eigenvalue weighted by Gasteiger charge is -2.20. The number of aryl methyl sites for hydroxylation is 1. The van der Waals surface area contributed by atoms with Crippen LogP contribution >= 0.6 is 23.2 Å². The van der Waals surface area contributed by atoms with Crippen molar-refractivity contribution in [3.63, 3.8) is 0 Å². The Labute approximate surface area is 119 Å². The Hall–Kier alpha value is -1.27. The summed E-state index contributed by atoms with van der Waals surface area (Å²) in [6, 6.07) is 0. The van der Waals surface area contributed by atoms with Crippen LogP contribution in [-0.4, -0.2) is 45.2 Å². The first-order valence-electron chi connectivity index (χ1n) is 5.69. The Morgan fingerprint density at radius 3 is 2.42 bits per heavy atom. The second-order valence-corrected chi connectivity index (χ2v) is 4.71. The van der Waals surface area contributed by atoms with Gasteiger partial charge in [0.2, 0.25) is 5.91 Å². The maximum atomic E-state index is 12.0. The van der Waals surface area contributed by atoms with Gasteiger partial charge in [0, 0.05) is 36.6 Å². The van der Waals surface area contributed by atoms with Crippen molar-refractivity contribution >= 4 is 29.1 Å². The standard InChI is InChI=1S/C11H15Cl2N3O3/c1-8-6-16(11(19)14-10(8)18)7-9(17)15(4-2-12)5-3-13/h6H,2-5,7H2,1H3,(H,14,18,19).